The number of benzene rings is 2. The van der Waals surface area contributed by atoms with Gasteiger partial charge in [-0.2, -0.15) is 0 Å². The molecule has 0 fully saturated rings. The zero-order chi connectivity index (χ0) is 16.4. The van der Waals surface area contributed by atoms with Gasteiger partial charge in [-0.1, -0.05) is 29.8 Å². The average Bonchev–Trinajstić information content (AvgIpc) is 3.01. The first-order valence-electron chi connectivity index (χ1n) is 7.10. The van der Waals surface area contributed by atoms with E-state index in [0.29, 0.717) is 17.2 Å². The minimum absolute atomic E-state index is 0.293. The maximum atomic E-state index is 11.7. The summed E-state index contributed by atoms with van der Waals surface area (Å²) in [4.78, 5) is 19.3. The lowest BCUT2D eigenvalue weighted by atomic mass is 10.1. The Balaban J connectivity index is 2.07. The van der Waals surface area contributed by atoms with Crippen molar-refractivity contribution in [2.45, 2.75) is 6.92 Å². The van der Waals surface area contributed by atoms with Crippen LogP contribution in [0.3, 0.4) is 0 Å². The van der Waals surface area contributed by atoms with Gasteiger partial charge in [0, 0.05) is 11.1 Å². The third-order valence-electron chi connectivity index (χ3n) is 3.59. The van der Waals surface area contributed by atoms with E-state index in [1.54, 1.807) is 7.11 Å². The van der Waals surface area contributed by atoms with Crippen molar-refractivity contribution in [2.75, 3.05) is 7.11 Å². The molecule has 0 spiro atoms. The number of hydrogen-bond donors (Lipinski definition) is 1. The van der Waals surface area contributed by atoms with E-state index >= 15 is 0 Å². The second kappa shape index (κ2) is 6.26. The number of aryl methyl sites for hydroxylation is 1. The zero-order valence-electron chi connectivity index (χ0n) is 12.8. The second-order valence-electron chi connectivity index (χ2n) is 5.18. The van der Waals surface area contributed by atoms with Crippen LogP contribution >= 0.6 is 11.6 Å². The van der Waals surface area contributed by atoms with Crippen LogP contribution < -0.4 is 4.74 Å². The minimum atomic E-state index is -0.562. The first kappa shape index (κ1) is 15.3. The van der Waals surface area contributed by atoms with Crippen molar-refractivity contribution in [2.24, 2.45) is 0 Å². The summed E-state index contributed by atoms with van der Waals surface area (Å²) >= 11 is 5.71. The maximum Gasteiger partial charge on any atom is 0.270 e. The molecule has 3 rings (SSSR count). The number of hydrogen-bond acceptors (Lipinski definition) is 3. The van der Waals surface area contributed by atoms with E-state index in [9.17, 15) is 4.79 Å². The highest BCUT2D eigenvalue weighted by Crippen LogP contribution is 2.28. The Bertz CT molecular complexity index is 836. The van der Waals surface area contributed by atoms with Gasteiger partial charge in [0.15, 0.2) is 0 Å². The summed E-state index contributed by atoms with van der Waals surface area (Å²) in [5, 5.41) is -0.562. The quantitative estimate of drug-likeness (QED) is 0.721. The van der Waals surface area contributed by atoms with Crippen LogP contribution in [0.2, 0.25) is 0 Å². The van der Waals surface area contributed by atoms with Crippen LogP contribution in [0.1, 0.15) is 16.1 Å². The number of nitrogens with zero attached hydrogens (tertiary/aromatic N) is 1. The Kier molecular flexibility index (Phi) is 4.17. The number of ether oxygens (including phenoxy) is 1. The lowest BCUT2D eigenvalue weighted by Gasteiger charge is -2.00. The van der Waals surface area contributed by atoms with Crippen LogP contribution in [0.15, 0.2) is 48.5 Å². The molecule has 0 radical (unpaired) electrons. The van der Waals surface area contributed by atoms with Gasteiger partial charge in [0.2, 0.25) is 0 Å². The van der Waals surface area contributed by atoms with Gasteiger partial charge in [-0.15, -0.1) is 0 Å². The Labute approximate surface area is 139 Å². The molecule has 1 N–H and O–H groups in total. The highest BCUT2D eigenvalue weighted by Gasteiger charge is 2.18. The number of nitrogens with one attached hydrogen (secondary N) is 1. The molecule has 0 aliphatic heterocycles. The molecular formula is C18H15ClN2O2. The smallest absolute Gasteiger partial charge is 0.270 e. The number of rotatable bonds is 4. The number of H-pyrrole nitrogens is 1. The number of methoxy groups -OCH3 is 1. The molecule has 0 atom stereocenters. The van der Waals surface area contributed by atoms with Crippen LogP contribution in [0, 0.1) is 6.92 Å². The molecular weight excluding hydrogens is 312 g/mol. The van der Waals surface area contributed by atoms with Crippen LogP contribution in [0.25, 0.3) is 22.6 Å². The molecule has 5 heteroatoms. The number of aromatic nitrogens is 2. The Morgan fingerprint density at radius 2 is 1.65 bits per heavy atom. The van der Waals surface area contributed by atoms with Crippen molar-refractivity contribution < 1.29 is 9.53 Å². The van der Waals surface area contributed by atoms with E-state index in [1.807, 2.05) is 55.5 Å². The molecule has 0 unspecified atom stereocenters. The van der Waals surface area contributed by atoms with Crippen molar-refractivity contribution in [3.63, 3.8) is 0 Å². The minimum Gasteiger partial charge on any atom is -0.497 e. The van der Waals surface area contributed by atoms with Gasteiger partial charge in [-0.25, -0.2) is 4.98 Å². The van der Waals surface area contributed by atoms with Gasteiger partial charge < -0.3 is 9.72 Å². The topological polar surface area (TPSA) is 55.0 Å². The zero-order valence-corrected chi connectivity index (χ0v) is 13.5. The molecule has 0 amide bonds. The maximum absolute atomic E-state index is 11.7. The largest absolute Gasteiger partial charge is 0.497 e. The van der Waals surface area contributed by atoms with Crippen LogP contribution in [0.4, 0.5) is 0 Å². The standard InChI is InChI=1S/C18H15ClN2O2/c1-11-3-5-12(6-4-11)15-16(17(19)22)21-18(20-15)13-7-9-14(23-2)10-8-13/h3-10H,1-2H3,(H,20,21). The van der Waals surface area contributed by atoms with Crippen molar-refractivity contribution in [3.05, 3.63) is 59.8 Å². The number of halogens is 1. The number of aromatic amines is 1. The van der Waals surface area contributed by atoms with E-state index < -0.39 is 5.24 Å². The summed E-state index contributed by atoms with van der Waals surface area (Å²) < 4.78 is 5.15. The molecule has 3 aromatic rings. The summed E-state index contributed by atoms with van der Waals surface area (Å²) in [6.45, 7) is 2.00. The predicted octanol–water partition coefficient (Wildman–Crippen LogP) is 4.44. The fourth-order valence-corrected chi connectivity index (χ4v) is 2.46. The average molecular weight is 327 g/mol. The number of imidazole rings is 1. The van der Waals surface area contributed by atoms with Gasteiger partial charge in [-0.05, 0) is 42.8 Å². The summed E-state index contributed by atoms with van der Waals surface area (Å²) in [7, 11) is 1.61. The fraction of sp³-hybridized carbons (Fsp3) is 0.111. The predicted molar refractivity (Wildman–Crippen MR) is 90.9 cm³/mol. The number of carbonyl (C=O) groups is 1. The summed E-state index contributed by atoms with van der Waals surface area (Å²) in [5.74, 6) is 1.35. The monoisotopic (exact) mass is 326 g/mol. The van der Waals surface area contributed by atoms with Crippen molar-refractivity contribution in [3.8, 4) is 28.4 Å². The van der Waals surface area contributed by atoms with Gasteiger partial charge in [0.05, 0.1) is 7.11 Å². The molecule has 0 saturated carbocycles. The summed E-state index contributed by atoms with van der Waals surface area (Å²) in [6, 6.07) is 15.2. The Morgan fingerprint density at radius 3 is 2.22 bits per heavy atom. The van der Waals surface area contributed by atoms with E-state index in [4.69, 9.17) is 16.3 Å². The van der Waals surface area contributed by atoms with E-state index in [0.717, 1.165) is 22.4 Å². The van der Waals surface area contributed by atoms with Crippen molar-refractivity contribution >= 4 is 16.8 Å². The number of carbonyl (C=O) groups excluding carboxylic acids is 1. The highest BCUT2D eigenvalue weighted by atomic mass is 35.5. The molecule has 1 aromatic heterocycles. The third kappa shape index (κ3) is 3.12. The van der Waals surface area contributed by atoms with Gasteiger partial charge in [-0.3, -0.25) is 4.79 Å². The lowest BCUT2D eigenvalue weighted by Crippen LogP contribution is -1.92. The summed E-state index contributed by atoms with van der Waals surface area (Å²) in [5.41, 5.74) is 3.68. The molecule has 1 heterocycles. The van der Waals surface area contributed by atoms with Crippen molar-refractivity contribution in [1.29, 1.82) is 0 Å². The molecule has 0 aliphatic carbocycles. The van der Waals surface area contributed by atoms with Gasteiger partial charge in [0.1, 0.15) is 23.0 Å². The van der Waals surface area contributed by atoms with Crippen molar-refractivity contribution in [1.82, 2.24) is 9.97 Å². The molecule has 23 heavy (non-hydrogen) atoms. The SMILES string of the molecule is COc1ccc(-c2nc(-c3ccc(C)cc3)c(C(=O)Cl)[nH]2)cc1. The Morgan fingerprint density at radius 1 is 1.04 bits per heavy atom. The molecule has 0 saturated heterocycles. The van der Waals surface area contributed by atoms with E-state index in [1.165, 1.54) is 0 Å². The first-order valence-corrected chi connectivity index (χ1v) is 7.47. The van der Waals surface area contributed by atoms with E-state index in [2.05, 4.69) is 9.97 Å². The van der Waals surface area contributed by atoms with Crippen LogP contribution in [-0.4, -0.2) is 22.3 Å². The normalized spacial score (nSPS) is 10.6. The molecule has 0 bridgehead atoms. The van der Waals surface area contributed by atoms with Crippen LogP contribution in [-0.2, 0) is 0 Å². The van der Waals surface area contributed by atoms with Gasteiger partial charge in [0.25, 0.3) is 5.24 Å². The fourth-order valence-electron chi connectivity index (χ4n) is 2.32. The molecule has 2 aromatic carbocycles. The van der Waals surface area contributed by atoms with Gasteiger partial charge >= 0.3 is 0 Å². The lowest BCUT2D eigenvalue weighted by molar-refractivity contribution is 0.107. The first-order chi connectivity index (χ1) is 11.1. The summed E-state index contributed by atoms with van der Waals surface area (Å²) in [6.07, 6.45) is 0. The second-order valence-corrected chi connectivity index (χ2v) is 5.52. The van der Waals surface area contributed by atoms with E-state index in [-0.39, 0.29) is 0 Å². The molecule has 116 valence electrons. The third-order valence-corrected chi connectivity index (χ3v) is 3.78. The highest BCUT2D eigenvalue weighted by molar-refractivity contribution is 6.68. The molecule has 4 nitrogen and oxygen atoms in total. The van der Waals surface area contributed by atoms with Crippen LogP contribution in [0.5, 0.6) is 5.75 Å². The molecule has 0 aliphatic rings. The Hall–Kier alpha value is -2.59.